The number of ether oxygens (including phenoxy) is 1. The summed E-state index contributed by atoms with van der Waals surface area (Å²) in [5, 5.41) is 0.412. The zero-order valence-electron chi connectivity index (χ0n) is 13.9. The summed E-state index contributed by atoms with van der Waals surface area (Å²) in [6.07, 6.45) is 0. The lowest BCUT2D eigenvalue weighted by Gasteiger charge is -2.26. The van der Waals surface area contributed by atoms with Gasteiger partial charge in [-0.2, -0.15) is 4.31 Å². The van der Waals surface area contributed by atoms with Crippen LogP contribution in [0.1, 0.15) is 0 Å². The first-order valence-electron chi connectivity index (χ1n) is 7.86. The molecule has 0 bridgehead atoms. The van der Waals surface area contributed by atoms with Gasteiger partial charge in [0.25, 0.3) is 10.0 Å². The molecule has 0 aliphatic carbocycles. The van der Waals surface area contributed by atoms with Gasteiger partial charge in [0, 0.05) is 18.1 Å². The monoisotopic (exact) mass is 450 g/mol. The Bertz CT molecular complexity index is 1030. The van der Waals surface area contributed by atoms with Gasteiger partial charge in [-0.25, -0.2) is 16.8 Å². The van der Waals surface area contributed by atoms with Gasteiger partial charge in [-0.1, -0.05) is 23.2 Å². The molecule has 1 aliphatic rings. The highest BCUT2D eigenvalue weighted by Gasteiger charge is 2.29. The fraction of sp³-hybridized carbons (Fsp3) is 0.250. The number of nitrogens with one attached hydrogen (secondary N) is 1. The van der Waals surface area contributed by atoms with Crippen LogP contribution in [0.2, 0.25) is 10.0 Å². The van der Waals surface area contributed by atoms with E-state index in [0.29, 0.717) is 18.2 Å². The lowest BCUT2D eigenvalue weighted by Crippen LogP contribution is -2.40. The summed E-state index contributed by atoms with van der Waals surface area (Å²) in [5.41, 5.74) is 0.0844. The molecule has 146 valence electrons. The number of halogens is 2. The highest BCUT2D eigenvalue weighted by molar-refractivity contribution is 7.92. The fourth-order valence-corrected chi connectivity index (χ4v) is 5.60. The summed E-state index contributed by atoms with van der Waals surface area (Å²) in [5.74, 6) is 0. The van der Waals surface area contributed by atoms with Crippen molar-refractivity contribution in [1.82, 2.24) is 4.31 Å². The maximum atomic E-state index is 12.8. The average molecular weight is 451 g/mol. The van der Waals surface area contributed by atoms with Crippen LogP contribution in [0.4, 0.5) is 5.69 Å². The molecule has 3 rings (SSSR count). The Kier molecular flexibility index (Phi) is 5.99. The van der Waals surface area contributed by atoms with Crippen LogP contribution in [0.5, 0.6) is 0 Å². The van der Waals surface area contributed by atoms with E-state index in [1.165, 1.54) is 46.8 Å². The number of sulfonamides is 2. The molecule has 0 amide bonds. The summed E-state index contributed by atoms with van der Waals surface area (Å²) in [6.45, 7) is 0.998. The van der Waals surface area contributed by atoms with E-state index >= 15 is 0 Å². The average Bonchev–Trinajstić information content (AvgIpc) is 2.64. The summed E-state index contributed by atoms with van der Waals surface area (Å²) in [6, 6.07) is 9.56. The van der Waals surface area contributed by atoms with E-state index in [0.717, 1.165) is 0 Å². The third-order valence-corrected chi connectivity index (χ3v) is 7.92. The van der Waals surface area contributed by atoms with Crippen molar-refractivity contribution < 1.29 is 21.6 Å². The third kappa shape index (κ3) is 4.56. The maximum Gasteiger partial charge on any atom is 0.261 e. The van der Waals surface area contributed by atoms with Crippen LogP contribution in [0.25, 0.3) is 0 Å². The van der Waals surface area contributed by atoms with Crippen molar-refractivity contribution in [3.8, 4) is 0 Å². The van der Waals surface area contributed by atoms with Crippen molar-refractivity contribution in [2.45, 2.75) is 9.79 Å². The molecule has 0 aromatic heterocycles. The van der Waals surface area contributed by atoms with Crippen LogP contribution in [0, 0.1) is 0 Å². The fourth-order valence-electron chi connectivity index (χ4n) is 2.52. The number of nitrogens with zero attached hydrogens (tertiary/aromatic N) is 1. The highest BCUT2D eigenvalue weighted by Crippen LogP contribution is 2.29. The predicted octanol–water partition coefficient (Wildman–Crippen LogP) is 2.82. The van der Waals surface area contributed by atoms with E-state index in [1.54, 1.807) is 0 Å². The molecule has 27 heavy (non-hydrogen) atoms. The molecule has 7 nitrogen and oxygen atoms in total. The van der Waals surface area contributed by atoms with Crippen molar-refractivity contribution in [2.24, 2.45) is 0 Å². The molecule has 0 spiro atoms. The Morgan fingerprint density at radius 3 is 2.19 bits per heavy atom. The minimum absolute atomic E-state index is 0.000522. The molecule has 2 aromatic rings. The van der Waals surface area contributed by atoms with Gasteiger partial charge in [-0.3, -0.25) is 4.72 Å². The van der Waals surface area contributed by atoms with E-state index in [4.69, 9.17) is 27.9 Å². The topological polar surface area (TPSA) is 92.8 Å². The highest BCUT2D eigenvalue weighted by atomic mass is 35.5. The number of rotatable bonds is 5. The standard InChI is InChI=1S/C16H16Cl2N2O5S2/c17-12-1-4-14(5-2-12)26(21,22)19-13-3-6-15(18)16(11-13)27(23,24)20-7-9-25-10-8-20/h1-6,11,19H,7-10H2. The second kappa shape index (κ2) is 7.94. The third-order valence-electron chi connectivity index (χ3n) is 3.90. The minimum Gasteiger partial charge on any atom is -0.379 e. The van der Waals surface area contributed by atoms with Gasteiger partial charge in [0.05, 0.1) is 28.8 Å². The molecule has 11 heteroatoms. The second-order valence-corrected chi connectivity index (χ2v) is 10.2. The molecule has 0 unspecified atom stereocenters. The lowest BCUT2D eigenvalue weighted by atomic mass is 10.3. The van der Waals surface area contributed by atoms with Crippen molar-refractivity contribution in [3.63, 3.8) is 0 Å². The molecule has 0 radical (unpaired) electrons. The second-order valence-electron chi connectivity index (χ2n) is 5.72. The van der Waals surface area contributed by atoms with Crippen LogP contribution in [0.15, 0.2) is 52.3 Å². The van der Waals surface area contributed by atoms with Crippen molar-refractivity contribution in [3.05, 3.63) is 52.5 Å². The molecular formula is C16H16Cl2N2O5S2. The van der Waals surface area contributed by atoms with E-state index in [1.807, 2.05) is 0 Å². The van der Waals surface area contributed by atoms with Gasteiger partial charge in [0.15, 0.2) is 0 Å². The maximum absolute atomic E-state index is 12.8. The Morgan fingerprint density at radius 1 is 0.926 bits per heavy atom. The SMILES string of the molecule is O=S(=O)(Nc1ccc(Cl)c(S(=O)(=O)N2CCOCC2)c1)c1ccc(Cl)cc1. The van der Waals surface area contributed by atoms with E-state index in [9.17, 15) is 16.8 Å². The molecule has 1 aliphatic heterocycles. The molecule has 2 aromatic carbocycles. The minimum atomic E-state index is -3.91. The van der Waals surface area contributed by atoms with Crippen LogP contribution >= 0.6 is 23.2 Å². The molecular weight excluding hydrogens is 435 g/mol. The van der Waals surface area contributed by atoms with Gasteiger partial charge in [0.2, 0.25) is 10.0 Å². The first-order chi connectivity index (χ1) is 12.7. The lowest BCUT2D eigenvalue weighted by molar-refractivity contribution is 0.0730. The van der Waals surface area contributed by atoms with Gasteiger partial charge in [-0.15, -0.1) is 0 Å². The zero-order valence-corrected chi connectivity index (χ0v) is 17.1. The van der Waals surface area contributed by atoms with Crippen LogP contribution in [-0.4, -0.2) is 47.4 Å². The predicted molar refractivity (Wildman–Crippen MR) is 103 cm³/mol. The summed E-state index contributed by atoms with van der Waals surface area (Å²) in [4.78, 5) is -0.165. The van der Waals surface area contributed by atoms with E-state index < -0.39 is 20.0 Å². The van der Waals surface area contributed by atoms with Crippen molar-refractivity contribution in [2.75, 3.05) is 31.0 Å². The van der Waals surface area contributed by atoms with Crippen LogP contribution < -0.4 is 4.72 Å². The largest absolute Gasteiger partial charge is 0.379 e. The van der Waals surface area contributed by atoms with Gasteiger partial charge >= 0.3 is 0 Å². The van der Waals surface area contributed by atoms with Crippen molar-refractivity contribution in [1.29, 1.82) is 0 Å². The van der Waals surface area contributed by atoms with Crippen LogP contribution in [-0.2, 0) is 24.8 Å². The molecule has 1 heterocycles. The Morgan fingerprint density at radius 2 is 1.56 bits per heavy atom. The number of hydrogen-bond donors (Lipinski definition) is 1. The number of morpholine rings is 1. The first kappa shape index (κ1) is 20.4. The summed E-state index contributed by atoms with van der Waals surface area (Å²) >= 11 is 11.9. The quantitative estimate of drug-likeness (QED) is 0.755. The molecule has 0 atom stereocenters. The van der Waals surface area contributed by atoms with Gasteiger partial charge in [-0.05, 0) is 42.5 Å². The Hall–Kier alpha value is -1.36. The normalized spacial score (nSPS) is 16.2. The smallest absolute Gasteiger partial charge is 0.261 e. The van der Waals surface area contributed by atoms with E-state index in [2.05, 4.69) is 4.72 Å². The van der Waals surface area contributed by atoms with Crippen molar-refractivity contribution >= 4 is 48.9 Å². The number of hydrogen-bond acceptors (Lipinski definition) is 5. The Labute approximate surface area is 167 Å². The summed E-state index contributed by atoms with van der Waals surface area (Å²) < 4.78 is 59.4. The first-order valence-corrected chi connectivity index (χ1v) is 11.5. The van der Waals surface area contributed by atoms with E-state index in [-0.39, 0.29) is 33.6 Å². The van der Waals surface area contributed by atoms with Gasteiger partial charge < -0.3 is 4.74 Å². The molecule has 1 fully saturated rings. The summed E-state index contributed by atoms with van der Waals surface area (Å²) in [7, 11) is -7.78. The molecule has 0 saturated carbocycles. The van der Waals surface area contributed by atoms with Crippen LogP contribution in [0.3, 0.4) is 0 Å². The van der Waals surface area contributed by atoms with Gasteiger partial charge in [0.1, 0.15) is 4.90 Å². The Balaban J connectivity index is 1.92. The molecule has 1 N–H and O–H groups in total. The number of anilines is 1. The molecule has 1 saturated heterocycles. The number of benzene rings is 2. The zero-order chi connectivity index (χ0) is 19.7.